The van der Waals surface area contributed by atoms with Crippen LogP contribution in [0.5, 0.6) is 0 Å². The van der Waals surface area contributed by atoms with E-state index in [-0.39, 0.29) is 18.0 Å². The number of hydrogen-bond donors (Lipinski definition) is 0. The lowest BCUT2D eigenvalue weighted by Crippen LogP contribution is -1.92. The van der Waals surface area contributed by atoms with Gasteiger partial charge in [-0.1, -0.05) is 17.3 Å². The summed E-state index contributed by atoms with van der Waals surface area (Å²) >= 11 is 0. The van der Waals surface area contributed by atoms with Gasteiger partial charge in [-0.15, -0.1) is 0 Å². The molecule has 0 bridgehead atoms. The topological polar surface area (TPSA) is 121 Å². The predicted molar refractivity (Wildman–Crippen MR) is 101 cm³/mol. The first kappa shape index (κ1) is 18.8. The van der Waals surface area contributed by atoms with Crippen molar-refractivity contribution < 1.29 is 19.1 Å². The molecule has 0 saturated carbocycles. The quantitative estimate of drug-likeness (QED) is 0.334. The Hall–Kier alpha value is -4.01. The van der Waals surface area contributed by atoms with Crippen LogP contribution in [0.1, 0.15) is 16.9 Å². The second-order valence-electron chi connectivity index (χ2n) is 5.89. The van der Waals surface area contributed by atoms with Gasteiger partial charge in [-0.3, -0.25) is 20.2 Å². The molecule has 0 amide bonds. The molecule has 0 spiro atoms. The first-order valence-corrected chi connectivity index (χ1v) is 8.18. The summed E-state index contributed by atoms with van der Waals surface area (Å²) in [4.78, 5) is 25.8. The summed E-state index contributed by atoms with van der Waals surface area (Å²) in [5, 5.41) is 25.4. The van der Waals surface area contributed by atoms with Crippen molar-refractivity contribution in [3.05, 3.63) is 91.7 Å². The molecule has 9 heteroatoms. The summed E-state index contributed by atoms with van der Waals surface area (Å²) < 4.78 is 5.67. The van der Waals surface area contributed by atoms with Crippen molar-refractivity contribution in [1.82, 2.24) is 0 Å². The zero-order valence-corrected chi connectivity index (χ0v) is 14.8. The number of benzene rings is 2. The van der Waals surface area contributed by atoms with E-state index in [0.717, 1.165) is 5.56 Å². The van der Waals surface area contributed by atoms with Crippen molar-refractivity contribution in [3.63, 3.8) is 0 Å². The Balaban J connectivity index is 1.64. The highest BCUT2D eigenvalue weighted by Gasteiger charge is 2.12. The maximum Gasteiger partial charge on any atom is 0.269 e. The van der Waals surface area contributed by atoms with Gasteiger partial charge in [0.25, 0.3) is 11.4 Å². The molecule has 0 unspecified atom stereocenters. The molecule has 0 radical (unpaired) electrons. The number of nitro benzene ring substituents is 2. The molecule has 142 valence electrons. The average Bonchev–Trinajstić information content (AvgIpc) is 3.14. The van der Waals surface area contributed by atoms with Crippen LogP contribution >= 0.6 is 0 Å². The van der Waals surface area contributed by atoms with E-state index in [9.17, 15) is 20.2 Å². The van der Waals surface area contributed by atoms with Crippen molar-refractivity contribution >= 4 is 17.6 Å². The SMILES string of the molecule is Cc1cc([N+](=O)[O-])ccc1-c1ccc(/C=N/OCc2cccc([N+](=O)[O-])c2)o1. The fourth-order valence-corrected chi connectivity index (χ4v) is 2.57. The van der Waals surface area contributed by atoms with Crippen LogP contribution in [0.15, 0.2) is 64.2 Å². The van der Waals surface area contributed by atoms with Gasteiger partial charge in [0.05, 0.1) is 9.85 Å². The van der Waals surface area contributed by atoms with Crippen molar-refractivity contribution in [1.29, 1.82) is 0 Å². The number of non-ortho nitro benzene ring substituents is 2. The van der Waals surface area contributed by atoms with Crippen LogP contribution in [0.2, 0.25) is 0 Å². The molecule has 9 nitrogen and oxygen atoms in total. The van der Waals surface area contributed by atoms with E-state index in [1.807, 2.05) is 0 Å². The second kappa shape index (κ2) is 8.12. The Morgan fingerprint density at radius 1 is 1.04 bits per heavy atom. The van der Waals surface area contributed by atoms with E-state index in [4.69, 9.17) is 9.25 Å². The minimum absolute atomic E-state index is 0.0146. The molecule has 0 fully saturated rings. The summed E-state index contributed by atoms with van der Waals surface area (Å²) in [6.07, 6.45) is 1.38. The lowest BCUT2D eigenvalue weighted by atomic mass is 10.1. The van der Waals surface area contributed by atoms with Gasteiger partial charge in [0.1, 0.15) is 24.3 Å². The van der Waals surface area contributed by atoms with E-state index >= 15 is 0 Å². The van der Waals surface area contributed by atoms with E-state index < -0.39 is 9.85 Å². The molecular weight excluding hydrogens is 366 g/mol. The molecule has 0 saturated heterocycles. The maximum absolute atomic E-state index is 10.8. The third-order valence-electron chi connectivity index (χ3n) is 3.92. The summed E-state index contributed by atoms with van der Waals surface area (Å²) in [5.74, 6) is 0.985. The zero-order valence-electron chi connectivity index (χ0n) is 14.8. The van der Waals surface area contributed by atoms with Crippen LogP contribution in [0, 0.1) is 27.2 Å². The van der Waals surface area contributed by atoms with Crippen LogP contribution in [0.4, 0.5) is 11.4 Å². The van der Waals surface area contributed by atoms with Gasteiger partial charge in [0.2, 0.25) is 0 Å². The molecular formula is C19H15N3O6. The van der Waals surface area contributed by atoms with Gasteiger partial charge in [0.15, 0.2) is 0 Å². The highest BCUT2D eigenvalue weighted by molar-refractivity contribution is 5.77. The lowest BCUT2D eigenvalue weighted by Gasteiger charge is -2.02. The maximum atomic E-state index is 10.8. The number of aryl methyl sites for hydroxylation is 1. The number of hydrogen-bond acceptors (Lipinski definition) is 7. The Labute approximate surface area is 159 Å². The number of nitro groups is 2. The molecule has 0 N–H and O–H groups in total. The molecule has 0 atom stereocenters. The van der Waals surface area contributed by atoms with Crippen molar-refractivity contribution in [2.24, 2.45) is 5.16 Å². The smallest absolute Gasteiger partial charge is 0.269 e. The minimum Gasteiger partial charge on any atom is -0.455 e. The molecule has 0 aliphatic rings. The van der Waals surface area contributed by atoms with Gasteiger partial charge in [-0.05, 0) is 36.2 Å². The fourth-order valence-electron chi connectivity index (χ4n) is 2.57. The van der Waals surface area contributed by atoms with Gasteiger partial charge in [-0.2, -0.15) is 0 Å². The summed E-state index contributed by atoms with van der Waals surface area (Å²) in [6.45, 7) is 1.84. The number of furan rings is 1. The lowest BCUT2D eigenvalue weighted by molar-refractivity contribution is -0.385. The summed E-state index contributed by atoms with van der Waals surface area (Å²) in [6, 6.07) is 14.0. The van der Waals surface area contributed by atoms with E-state index in [0.29, 0.717) is 22.6 Å². The number of rotatable bonds is 7. The largest absolute Gasteiger partial charge is 0.455 e. The Kier molecular flexibility index (Phi) is 5.45. The molecule has 0 aliphatic carbocycles. The van der Waals surface area contributed by atoms with E-state index in [1.165, 1.54) is 30.5 Å². The van der Waals surface area contributed by atoms with Crippen LogP contribution in [-0.2, 0) is 11.4 Å². The molecule has 0 aliphatic heterocycles. The fraction of sp³-hybridized carbons (Fsp3) is 0.105. The van der Waals surface area contributed by atoms with Crippen LogP contribution in [-0.4, -0.2) is 16.1 Å². The van der Waals surface area contributed by atoms with Gasteiger partial charge in [0, 0.05) is 29.8 Å². The van der Waals surface area contributed by atoms with E-state index in [1.54, 1.807) is 37.3 Å². The summed E-state index contributed by atoms with van der Waals surface area (Å²) in [5.41, 5.74) is 2.08. The number of nitrogens with zero attached hydrogens (tertiary/aromatic N) is 3. The standard InChI is InChI=1S/C19H15N3O6/c1-13-9-16(22(25)26)5-7-18(13)19-8-6-17(28-19)11-20-27-12-14-3-2-4-15(10-14)21(23)24/h2-11H,12H2,1H3/b20-11+. The van der Waals surface area contributed by atoms with Crippen molar-refractivity contribution in [2.75, 3.05) is 0 Å². The predicted octanol–water partition coefficient (Wildman–Crippen LogP) is 4.62. The van der Waals surface area contributed by atoms with Gasteiger partial charge < -0.3 is 9.25 Å². The second-order valence-corrected chi connectivity index (χ2v) is 5.89. The average molecular weight is 381 g/mol. The first-order chi connectivity index (χ1) is 13.4. The minimum atomic E-state index is -0.475. The Bertz CT molecular complexity index is 1060. The van der Waals surface area contributed by atoms with Crippen LogP contribution < -0.4 is 0 Å². The van der Waals surface area contributed by atoms with Crippen molar-refractivity contribution in [3.8, 4) is 11.3 Å². The molecule has 2 aromatic carbocycles. The van der Waals surface area contributed by atoms with Crippen LogP contribution in [0.25, 0.3) is 11.3 Å². The Morgan fingerprint density at radius 3 is 2.50 bits per heavy atom. The van der Waals surface area contributed by atoms with Crippen LogP contribution in [0.3, 0.4) is 0 Å². The highest BCUT2D eigenvalue weighted by Crippen LogP contribution is 2.28. The third-order valence-corrected chi connectivity index (χ3v) is 3.92. The number of oxime groups is 1. The molecule has 3 rings (SSSR count). The van der Waals surface area contributed by atoms with Gasteiger partial charge >= 0.3 is 0 Å². The normalized spacial score (nSPS) is 10.9. The van der Waals surface area contributed by atoms with Crippen molar-refractivity contribution in [2.45, 2.75) is 13.5 Å². The van der Waals surface area contributed by atoms with Gasteiger partial charge in [-0.25, -0.2) is 0 Å². The molecule has 1 heterocycles. The third kappa shape index (κ3) is 4.39. The highest BCUT2D eigenvalue weighted by atomic mass is 16.6. The first-order valence-electron chi connectivity index (χ1n) is 8.18. The summed E-state index contributed by atoms with van der Waals surface area (Å²) in [7, 11) is 0. The molecule has 28 heavy (non-hydrogen) atoms. The molecule has 1 aromatic heterocycles. The van der Waals surface area contributed by atoms with E-state index in [2.05, 4.69) is 5.16 Å². The molecule has 3 aromatic rings. The monoisotopic (exact) mass is 381 g/mol. The Morgan fingerprint density at radius 2 is 1.79 bits per heavy atom. The zero-order chi connectivity index (χ0) is 20.1.